The molecule has 1 aromatic heterocycles. The van der Waals surface area contributed by atoms with Crippen molar-refractivity contribution in [1.82, 2.24) is 9.88 Å². The van der Waals surface area contributed by atoms with Crippen molar-refractivity contribution in [3.63, 3.8) is 0 Å². The Labute approximate surface area is 212 Å². The highest BCUT2D eigenvalue weighted by Gasteiger charge is 2.31. The molecule has 11 heteroatoms. The Morgan fingerprint density at radius 1 is 1.14 bits per heavy atom. The molecule has 0 radical (unpaired) electrons. The van der Waals surface area contributed by atoms with Crippen molar-refractivity contribution in [3.8, 4) is 10.6 Å². The number of likely N-dealkylation sites (tertiary alicyclic amines) is 1. The molecule has 0 saturated carbocycles. The van der Waals surface area contributed by atoms with Crippen LogP contribution in [0.5, 0.6) is 0 Å². The van der Waals surface area contributed by atoms with Gasteiger partial charge in [-0.1, -0.05) is 24.3 Å². The lowest BCUT2D eigenvalue weighted by molar-refractivity contribution is -0.137. The fourth-order valence-corrected chi connectivity index (χ4v) is 5.96. The Balaban J connectivity index is 1.53. The van der Waals surface area contributed by atoms with Crippen LogP contribution in [-0.4, -0.2) is 43.6 Å². The Bertz CT molecular complexity index is 1380. The van der Waals surface area contributed by atoms with Crippen LogP contribution in [0.25, 0.3) is 10.6 Å². The van der Waals surface area contributed by atoms with E-state index in [1.807, 2.05) is 25.1 Å². The number of hydrogen-bond acceptors (Lipinski definition) is 5. The molecule has 2 heterocycles. The van der Waals surface area contributed by atoms with Gasteiger partial charge in [-0.25, -0.2) is 13.4 Å². The average Bonchev–Trinajstić information content (AvgIpc) is 3.20. The number of nitrogens with one attached hydrogen (secondary N) is 1. The number of thiazole rings is 1. The zero-order valence-electron chi connectivity index (χ0n) is 20.0. The van der Waals surface area contributed by atoms with E-state index in [1.165, 1.54) is 23.5 Å². The van der Waals surface area contributed by atoms with Gasteiger partial charge < -0.3 is 4.90 Å². The van der Waals surface area contributed by atoms with Crippen LogP contribution < -0.4 is 4.72 Å². The first-order valence-corrected chi connectivity index (χ1v) is 14.1. The summed E-state index contributed by atoms with van der Waals surface area (Å²) in [4.78, 5) is 20.1. The fraction of sp³-hybridized carbons (Fsp3) is 0.360. The van der Waals surface area contributed by atoms with Crippen LogP contribution in [-0.2, 0) is 16.2 Å². The van der Waals surface area contributed by atoms with Gasteiger partial charge >= 0.3 is 6.18 Å². The van der Waals surface area contributed by atoms with E-state index >= 15 is 0 Å². The van der Waals surface area contributed by atoms with Gasteiger partial charge in [0.05, 0.1) is 23.2 Å². The Hall–Kier alpha value is -2.92. The maximum absolute atomic E-state index is 13.4. The first kappa shape index (κ1) is 26.2. The topological polar surface area (TPSA) is 79.4 Å². The van der Waals surface area contributed by atoms with Crippen LogP contribution in [0, 0.1) is 13.8 Å². The van der Waals surface area contributed by atoms with Gasteiger partial charge in [-0.15, -0.1) is 11.3 Å². The van der Waals surface area contributed by atoms with Crippen LogP contribution in [0.4, 0.5) is 18.9 Å². The van der Waals surface area contributed by atoms with Crippen LogP contribution in [0.2, 0.25) is 0 Å². The summed E-state index contributed by atoms with van der Waals surface area (Å²) in [5, 5.41) is 0.494. The SMILES string of the molecule is Cc1ccc(C2CCCN(C(=O)c3sc(-c4ccc(C(F)(F)F)cc4)nc3C)C2)cc1NS(C)(=O)=O. The smallest absolute Gasteiger partial charge is 0.337 e. The second-order valence-electron chi connectivity index (χ2n) is 9.05. The molecule has 1 unspecified atom stereocenters. The van der Waals surface area contributed by atoms with Crippen LogP contribution in [0.3, 0.4) is 0 Å². The van der Waals surface area contributed by atoms with E-state index in [2.05, 4.69) is 9.71 Å². The summed E-state index contributed by atoms with van der Waals surface area (Å²) in [5.41, 5.74) is 2.62. The van der Waals surface area contributed by atoms with Crippen molar-refractivity contribution >= 4 is 33.0 Å². The number of sulfonamides is 1. The van der Waals surface area contributed by atoms with Crippen molar-refractivity contribution in [3.05, 3.63) is 69.7 Å². The number of piperidine rings is 1. The van der Waals surface area contributed by atoms with Gasteiger partial charge in [-0.05, 0) is 56.0 Å². The average molecular weight is 538 g/mol. The molecule has 0 spiro atoms. The third kappa shape index (κ3) is 5.89. The van der Waals surface area contributed by atoms with Gasteiger partial charge in [0, 0.05) is 24.6 Å². The van der Waals surface area contributed by atoms with Crippen LogP contribution in [0.15, 0.2) is 42.5 Å². The van der Waals surface area contributed by atoms with Crippen molar-refractivity contribution < 1.29 is 26.4 Å². The number of carbonyl (C=O) groups excluding carboxylic acids is 1. The van der Waals surface area contributed by atoms with Crippen molar-refractivity contribution in [1.29, 1.82) is 0 Å². The second kappa shape index (κ2) is 9.85. The van der Waals surface area contributed by atoms with Gasteiger partial charge in [0.25, 0.3) is 5.91 Å². The number of carbonyl (C=O) groups is 1. The Morgan fingerprint density at radius 3 is 2.47 bits per heavy atom. The summed E-state index contributed by atoms with van der Waals surface area (Å²) >= 11 is 1.18. The van der Waals surface area contributed by atoms with E-state index in [1.54, 1.807) is 11.8 Å². The molecular weight excluding hydrogens is 511 g/mol. The molecule has 1 saturated heterocycles. The number of alkyl halides is 3. The van der Waals surface area contributed by atoms with Gasteiger partial charge in [-0.3, -0.25) is 9.52 Å². The van der Waals surface area contributed by atoms with E-state index in [0.29, 0.717) is 39.9 Å². The largest absolute Gasteiger partial charge is 0.416 e. The normalized spacial score (nSPS) is 16.7. The molecule has 1 fully saturated rings. The summed E-state index contributed by atoms with van der Waals surface area (Å²) in [5.74, 6) is -0.111. The molecular formula is C25H26F3N3O3S2. The lowest BCUT2D eigenvalue weighted by atomic mass is 9.89. The fourth-order valence-electron chi connectivity index (χ4n) is 4.30. The molecule has 192 valence electrons. The third-order valence-electron chi connectivity index (χ3n) is 6.19. The molecule has 3 aromatic rings. The molecule has 6 nitrogen and oxygen atoms in total. The summed E-state index contributed by atoms with van der Waals surface area (Å²) in [6.07, 6.45) is -1.65. The molecule has 1 aliphatic heterocycles. The van der Waals surface area contributed by atoms with E-state index in [9.17, 15) is 26.4 Å². The number of hydrogen-bond donors (Lipinski definition) is 1. The van der Waals surface area contributed by atoms with Crippen molar-refractivity contribution in [2.45, 2.75) is 38.8 Å². The first-order valence-electron chi connectivity index (χ1n) is 11.3. The number of aromatic nitrogens is 1. The van der Waals surface area contributed by atoms with Gasteiger partial charge in [0.2, 0.25) is 10.0 Å². The third-order valence-corrected chi connectivity index (χ3v) is 7.97. The highest BCUT2D eigenvalue weighted by Crippen LogP contribution is 2.35. The number of anilines is 1. The quantitative estimate of drug-likeness (QED) is 0.444. The van der Waals surface area contributed by atoms with Crippen LogP contribution in [0.1, 0.15) is 50.8 Å². The number of amides is 1. The highest BCUT2D eigenvalue weighted by molar-refractivity contribution is 7.92. The molecule has 4 rings (SSSR count). The van der Waals surface area contributed by atoms with Gasteiger partial charge in [0.15, 0.2) is 0 Å². The summed E-state index contributed by atoms with van der Waals surface area (Å²) in [6, 6.07) is 10.4. The minimum Gasteiger partial charge on any atom is -0.337 e. The minimum atomic E-state index is -4.41. The van der Waals surface area contributed by atoms with Crippen molar-refractivity contribution in [2.24, 2.45) is 0 Å². The van der Waals surface area contributed by atoms with Gasteiger partial charge in [-0.2, -0.15) is 13.2 Å². The zero-order valence-corrected chi connectivity index (χ0v) is 21.6. The van der Waals surface area contributed by atoms with E-state index in [4.69, 9.17) is 0 Å². The zero-order chi connectivity index (χ0) is 26.3. The van der Waals surface area contributed by atoms with Gasteiger partial charge in [0.1, 0.15) is 9.88 Å². The minimum absolute atomic E-state index is 0.0472. The van der Waals surface area contributed by atoms with E-state index < -0.39 is 21.8 Å². The Morgan fingerprint density at radius 2 is 1.83 bits per heavy atom. The lowest BCUT2D eigenvalue weighted by Gasteiger charge is -2.33. The summed E-state index contributed by atoms with van der Waals surface area (Å²) in [7, 11) is -3.42. The number of aryl methyl sites for hydroxylation is 2. The maximum atomic E-state index is 13.4. The predicted molar refractivity (Wildman–Crippen MR) is 135 cm³/mol. The molecule has 1 amide bonds. The number of rotatable bonds is 5. The second-order valence-corrected chi connectivity index (χ2v) is 11.8. The van der Waals surface area contributed by atoms with E-state index in [-0.39, 0.29) is 11.8 Å². The molecule has 1 atom stereocenters. The standard InChI is InChI=1S/C25H26F3N3O3S2/c1-15-6-7-18(13-21(15)30-36(3,33)34)19-5-4-12-31(14-19)24(32)22-16(2)29-23(35-22)17-8-10-20(11-9-17)25(26,27)28/h6-11,13,19,30H,4-5,12,14H2,1-3H3. The molecule has 2 aromatic carbocycles. The van der Waals surface area contributed by atoms with E-state index in [0.717, 1.165) is 42.4 Å². The number of halogens is 3. The molecule has 0 bridgehead atoms. The Kier molecular flexibility index (Phi) is 7.16. The predicted octanol–water partition coefficient (Wildman–Crippen LogP) is 5.84. The van der Waals surface area contributed by atoms with Crippen LogP contribution >= 0.6 is 11.3 Å². The molecule has 0 aliphatic carbocycles. The number of nitrogens with zero attached hydrogens (tertiary/aromatic N) is 2. The van der Waals surface area contributed by atoms with Crippen molar-refractivity contribution in [2.75, 3.05) is 24.1 Å². The maximum Gasteiger partial charge on any atom is 0.416 e. The molecule has 1 N–H and O–H groups in total. The lowest BCUT2D eigenvalue weighted by Crippen LogP contribution is -2.39. The highest BCUT2D eigenvalue weighted by atomic mass is 32.2. The number of benzene rings is 2. The molecule has 1 aliphatic rings. The molecule has 36 heavy (non-hydrogen) atoms. The monoisotopic (exact) mass is 537 g/mol. The first-order chi connectivity index (χ1) is 16.8. The summed E-state index contributed by atoms with van der Waals surface area (Å²) < 4.78 is 64.6. The summed E-state index contributed by atoms with van der Waals surface area (Å²) in [6.45, 7) is 4.62.